The fourth-order valence-electron chi connectivity index (χ4n) is 2.46. The van der Waals surface area contributed by atoms with Gasteiger partial charge in [-0.3, -0.25) is 14.7 Å². The van der Waals surface area contributed by atoms with Crippen molar-refractivity contribution in [3.63, 3.8) is 0 Å². The van der Waals surface area contributed by atoms with E-state index in [2.05, 4.69) is 27.4 Å². The predicted molar refractivity (Wildman–Crippen MR) is 106 cm³/mol. The maximum absolute atomic E-state index is 12.2. The van der Waals surface area contributed by atoms with Crippen molar-refractivity contribution in [2.45, 2.75) is 18.5 Å². The van der Waals surface area contributed by atoms with E-state index < -0.39 is 5.91 Å². The van der Waals surface area contributed by atoms with E-state index in [9.17, 15) is 9.59 Å². The van der Waals surface area contributed by atoms with Crippen LogP contribution in [0.1, 0.15) is 22.8 Å². The fraction of sp³-hybridized carbons (Fsp3) is 0.158. The molecule has 8 heteroatoms. The summed E-state index contributed by atoms with van der Waals surface area (Å²) in [4.78, 5) is 28.0. The van der Waals surface area contributed by atoms with Crippen LogP contribution in [0.4, 0.5) is 5.69 Å². The monoisotopic (exact) mass is 381 g/mol. The summed E-state index contributed by atoms with van der Waals surface area (Å²) in [5.74, 6) is -0.0997. The smallest absolute Gasteiger partial charge is 0.250 e. The van der Waals surface area contributed by atoms with Crippen LogP contribution in [0, 0.1) is 0 Å². The number of benzene rings is 2. The number of aromatic nitrogens is 3. The number of nitrogens with two attached hydrogens (primary N) is 1. The van der Waals surface area contributed by atoms with Gasteiger partial charge in [-0.05, 0) is 24.1 Å². The van der Waals surface area contributed by atoms with Gasteiger partial charge in [0, 0.05) is 5.56 Å². The molecule has 0 saturated heterocycles. The number of aryl methyl sites for hydroxylation is 1. The molecule has 1 aromatic heterocycles. The highest BCUT2D eigenvalue weighted by Crippen LogP contribution is 2.20. The van der Waals surface area contributed by atoms with E-state index in [0.717, 1.165) is 12.0 Å². The minimum absolute atomic E-state index is 0.110. The summed E-state index contributed by atoms with van der Waals surface area (Å²) >= 11 is 1.20. The van der Waals surface area contributed by atoms with Crippen LogP contribution < -0.4 is 11.1 Å². The van der Waals surface area contributed by atoms with Crippen LogP contribution in [-0.2, 0) is 11.2 Å². The maximum Gasteiger partial charge on any atom is 0.250 e. The minimum Gasteiger partial charge on any atom is -0.366 e. The molecule has 0 unspecified atom stereocenters. The summed E-state index contributed by atoms with van der Waals surface area (Å²) in [6.07, 6.45) is 0.978. The van der Waals surface area contributed by atoms with E-state index in [1.54, 1.807) is 24.3 Å². The second kappa shape index (κ2) is 8.50. The van der Waals surface area contributed by atoms with Crippen molar-refractivity contribution in [3.8, 4) is 11.4 Å². The van der Waals surface area contributed by atoms with E-state index in [4.69, 9.17) is 5.73 Å². The summed E-state index contributed by atoms with van der Waals surface area (Å²) in [6, 6.07) is 14.7. The molecule has 0 atom stereocenters. The van der Waals surface area contributed by atoms with Gasteiger partial charge in [0.15, 0.2) is 5.82 Å². The summed E-state index contributed by atoms with van der Waals surface area (Å²) in [6.45, 7) is 2.10. The number of hydrogen-bond donors (Lipinski definition) is 3. The highest BCUT2D eigenvalue weighted by molar-refractivity contribution is 7.99. The van der Waals surface area contributed by atoms with Crippen molar-refractivity contribution < 1.29 is 9.59 Å². The fourth-order valence-corrected chi connectivity index (χ4v) is 3.06. The van der Waals surface area contributed by atoms with Crippen molar-refractivity contribution in [1.82, 2.24) is 15.2 Å². The standard InChI is InChI=1S/C19H19N5O2S/c1-2-12-7-9-13(10-8-12)18-22-19(24-23-18)27-11-16(25)21-15-6-4-3-5-14(15)17(20)26/h3-10H,2,11H2,1H3,(H2,20,26)(H,21,25)(H,22,23,24). The molecule has 0 saturated carbocycles. The van der Waals surface area contributed by atoms with Crippen LogP contribution in [0.15, 0.2) is 53.7 Å². The first-order chi connectivity index (χ1) is 13.1. The van der Waals surface area contributed by atoms with Gasteiger partial charge >= 0.3 is 0 Å². The van der Waals surface area contributed by atoms with Crippen LogP contribution in [0.5, 0.6) is 0 Å². The van der Waals surface area contributed by atoms with E-state index >= 15 is 0 Å². The largest absolute Gasteiger partial charge is 0.366 e. The second-order valence-corrected chi connectivity index (χ2v) is 6.71. The molecule has 0 radical (unpaired) electrons. The second-order valence-electron chi connectivity index (χ2n) is 5.76. The number of thioether (sulfide) groups is 1. The van der Waals surface area contributed by atoms with Crippen LogP contribution in [0.25, 0.3) is 11.4 Å². The summed E-state index contributed by atoms with van der Waals surface area (Å²) in [7, 11) is 0. The Labute approximate surface area is 160 Å². The third kappa shape index (κ3) is 4.73. The average molecular weight is 381 g/mol. The number of carbonyl (C=O) groups excluding carboxylic acids is 2. The molecule has 0 aliphatic rings. The Morgan fingerprint density at radius 1 is 1.15 bits per heavy atom. The number of rotatable bonds is 7. The number of carbonyl (C=O) groups is 2. The van der Waals surface area contributed by atoms with E-state index in [0.29, 0.717) is 16.7 Å². The maximum atomic E-state index is 12.2. The first-order valence-electron chi connectivity index (χ1n) is 8.40. The van der Waals surface area contributed by atoms with E-state index in [1.807, 2.05) is 24.3 Å². The number of nitrogens with one attached hydrogen (secondary N) is 2. The van der Waals surface area contributed by atoms with E-state index in [1.165, 1.54) is 17.3 Å². The molecule has 27 heavy (non-hydrogen) atoms. The van der Waals surface area contributed by atoms with Crippen LogP contribution in [-0.4, -0.2) is 32.7 Å². The number of primary amides is 1. The molecule has 1 heterocycles. The van der Waals surface area contributed by atoms with Crippen molar-refractivity contribution in [2.24, 2.45) is 5.73 Å². The molecule has 2 amide bonds. The van der Waals surface area contributed by atoms with Crippen LogP contribution >= 0.6 is 11.8 Å². The molecule has 4 N–H and O–H groups in total. The number of H-pyrrole nitrogens is 1. The number of nitrogens with zero attached hydrogens (tertiary/aromatic N) is 2. The van der Waals surface area contributed by atoms with Gasteiger partial charge < -0.3 is 11.1 Å². The molecule has 2 aromatic carbocycles. The average Bonchev–Trinajstić information content (AvgIpc) is 3.16. The number of aromatic amines is 1. The lowest BCUT2D eigenvalue weighted by molar-refractivity contribution is -0.113. The molecular formula is C19H19N5O2S. The molecule has 3 rings (SSSR count). The van der Waals surface area contributed by atoms with Gasteiger partial charge in [-0.2, -0.15) is 0 Å². The SMILES string of the molecule is CCc1ccc(-c2nc(SCC(=O)Nc3ccccc3C(N)=O)n[nH]2)cc1. The number of hydrogen-bond acceptors (Lipinski definition) is 5. The third-order valence-electron chi connectivity index (χ3n) is 3.90. The molecule has 7 nitrogen and oxygen atoms in total. The van der Waals surface area contributed by atoms with Gasteiger partial charge in [0.05, 0.1) is 17.0 Å². The highest BCUT2D eigenvalue weighted by Gasteiger charge is 2.12. The van der Waals surface area contributed by atoms with Crippen molar-refractivity contribution in [2.75, 3.05) is 11.1 Å². The number of amides is 2. The number of anilines is 1. The molecule has 3 aromatic rings. The van der Waals surface area contributed by atoms with Crippen LogP contribution in [0.2, 0.25) is 0 Å². The number of para-hydroxylation sites is 1. The first-order valence-corrected chi connectivity index (χ1v) is 9.38. The first kappa shape index (κ1) is 18.7. The Balaban J connectivity index is 1.60. The Kier molecular flexibility index (Phi) is 5.87. The van der Waals surface area contributed by atoms with Gasteiger partial charge in [0.2, 0.25) is 11.1 Å². The molecule has 0 aliphatic heterocycles. The molecule has 0 spiro atoms. The normalized spacial score (nSPS) is 10.6. The summed E-state index contributed by atoms with van der Waals surface area (Å²) in [5, 5.41) is 10.2. The topological polar surface area (TPSA) is 114 Å². The lowest BCUT2D eigenvalue weighted by atomic mass is 10.1. The van der Waals surface area contributed by atoms with Gasteiger partial charge in [-0.25, -0.2) is 4.98 Å². The molecule has 0 aliphatic carbocycles. The zero-order valence-corrected chi connectivity index (χ0v) is 15.5. The Bertz CT molecular complexity index is 953. The predicted octanol–water partition coefficient (Wildman–Crippen LogP) is 2.86. The van der Waals surface area contributed by atoms with Gasteiger partial charge in [-0.1, -0.05) is 55.1 Å². The van der Waals surface area contributed by atoms with Crippen molar-refractivity contribution in [1.29, 1.82) is 0 Å². The van der Waals surface area contributed by atoms with Gasteiger partial charge in [-0.15, -0.1) is 5.10 Å². The zero-order chi connectivity index (χ0) is 19.2. The summed E-state index contributed by atoms with van der Waals surface area (Å²) in [5.41, 5.74) is 8.16. The zero-order valence-electron chi connectivity index (χ0n) is 14.7. The molecule has 0 bridgehead atoms. The Morgan fingerprint density at radius 2 is 1.89 bits per heavy atom. The van der Waals surface area contributed by atoms with Gasteiger partial charge in [0.25, 0.3) is 5.91 Å². The van der Waals surface area contributed by atoms with Crippen molar-refractivity contribution >= 4 is 29.3 Å². The minimum atomic E-state index is -0.591. The highest BCUT2D eigenvalue weighted by atomic mass is 32.2. The third-order valence-corrected chi connectivity index (χ3v) is 4.75. The lowest BCUT2D eigenvalue weighted by Gasteiger charge is -2.07. The quantitative estimate of drug-likeness (QED) is 0.545. The Hall–Kier alpha value is -3.13. The Morgan fingerprint density at radius 3 is 2.59 bits per heavy atom. The van der Waals surface area contributed by atoms with Gasteiger partial charge in [0.1, 0.15) is 0 Å². The van der Waals surface area contributed by atoms with Crippen LogP contribution in [0.3, 0.4) is 0 Å². The van der Waals surface area contributed by atoms with Crippen molar-refractivity contribution in [3.05, 3.63) is 59.7 Å². The molecule has 138 valence electrons. The molecular weight excluding hydrogens is 362 g/mol. The van der Waals surface area contributed by atoms with E-state index in [-0.39, 0.29) is 17.2 Å². The lowest BCUT2D eigenvalue weighted by Crippen LogP contribution is -2.19. The molecule has 0 fully saturated rings. The summed E-state index contributed by atoms with van der Waals surface area (Å²) < 4.78 is 0.